The highest BCUT2D eigenvalue weighted by molar-refractivity contribution is 6.04. The van der Waals surface area contributed by atoms with Gasteiger partial charge in [0.05, 0.1) is 13.0 Å². The molecule has 0 unspecified atom stereocenters. The summed E-state index contributed by atoms with van der Waals surface area (Å²) in [7, 11) is 1.59. The second-order valence-corrected chi connectivity index (χ2v) is 10.9. The summed E-state index contributed by atoms with van der Waals surface area (Å²) >= 11 is 0. The number of nitrogens with one attached hydrogen (secondary N) is 1. The zero-order chi connectivity index (χ0) is 29.3. The summed E-state index contributed by atoms with van der Waals surface area (Å²) in [4.78, 5) is 30.7. The summed E-state index contributed by atoms with van der Waals surface area (Å²) in [6.07, 6.45) is 5.17. The summed E-state index contributed by atoms with van der Waals surface area (Å²) in [6.45, 7) is 0.308. The molecule has 1 N–H and O–H groups in total. The van der Waals surface area contributed by atoms with Gasteiger partial charge < -0.3 is 10.1 Å². The van der Waals surface area contributed by atoms with E-state index < -0.39 is 17.8 Å². The van der Waals surface area contributed by atoms with Gasteiger partial charge in [-0.2, -0.15) is 0 Å². The molecule has 4 aromatic carbocycles. The van der Waals surface area contributed by atoms with Crippen molar-refractivity contribution in [3.05, 3.63) is 132 Å². The molecule has 1 fully saturated rings. The molecule has 0 radical (unpaired) electrons. The van der Waals surface area contributed by atoms with Gasteiger partial charge in [-0.15, -0.1) is 0 Å². The molecule has 1 aliphatic carbocycles. The van der Waals surface area contributed by atoms with Crippen molar-refractivity contribution in [1.82, 2.24) is 5.32 Å². The molecule has 1 aliphatic rings. The van der Waals surface area contributed by atoms with Gasteiger partial charge in [0.1, 0.15) is 17.6 Å². The average Bonchev–Trinajstić information content (AvgIpc) is 3.05. The number of hydrogen-bond donors (Lipinski definition) is 1. The molecular formula is C36H37FN2O3. The Morgan fingerprint density at radius 3 is 2.05 bits per heavy atom. The summed E-state index contributed by atoms with van der Waals surface area (Å²) in [5.74, 6) is -0.564. The van der Waals surface area contributed by atoms with Crippen molar-refractivity contribution < 1.29 is 18.7 Å². The van der Waals surface area contributed by atoms with Crippen molar-refractivity contribution in [3.63, 3.8) is 0 Å². The molecule has 216 valence electrons. The lowest BCUT2D eigenvalue weighted by molar-refractivity contribution is -0.128. The molecule has 0 heterocycles. The summed E-state index contributed by atoms with van der Waals surface area (Å²) in [5, 5.41) is 3.06. The second-order valence-electron chi connectivity index (χ2n) is 10.9. The average molecular weight is 565 g/mol. The molecule has 5 rings (SSSR count). The maximum atomic E-state index is 15.0. The minimum absolute atomic E-state index is 0.139. The first-order valence-electron chi connectivity index (χ1n) is 14.6. The smallest absolute Gasteiger partial charge is 0.248 e. The van der Waals surface area contributed by atoms with Crippen LogP contribution in [0.25, 0.3) is 0 Å². The van der Waals surface area contributed by atoms with E-state index in [1.807, 2.05) is 72.8 Å². The number of halogens is 1. The SMILES string of the molecule is COc1ccc([C@H](C(=O)NCc2ccccc2)N(C(=O)[C@H](c2ccccc2)C2CCCCC2)c2ccc(F)cc2)cc1. The predicted molar refractivity (Wildman–Crippen MR) is 164 cm³/mol. The first-order valence-corrected chi connectivity index (χ1v) is 14.6. The molecule has 0 aliphatic heterocycles. The lowest BCUT2D eigenvalue weighted by Crippen LogP contribution is -2.47. The highest BCUT2D eigenvalue weighted by atomic mass is 19.1. The normalized spacial score (nSPS) is 14.9. The molecule has 2 atom stereocenters. The Morgan fingerprint density at radius 1 is 0.810 bits per heavy atom. The van der Waals surface area contributed by atoms with Crippen LogP contribution in [-0.4, -0.2) is 18.9 Å². The van der Waals surface area contributed by atoms with Crippen LogP contribution in [0.15, 0.2) is 109 Å². The minimum atomic E-state index is -0.993. The Labute approximate surface area is 247 Å². The summed E-state index contributed by atoms with van der Waals surface area (Å²) < 4.78 is 19.5. The van der Waals surface area contributed by atoms with Gasteiger partial charge in [-0.25, -0.2) is 4.39 Å². The van der Waals surface area contributed by atoms with E-state index in [2.05, 4.69) is 5.32 Å². The van der Waals surface area contributed by atoms with Crippen LogP contribution in [-0.2, 0) is 16.1 Å². The Kier molecular flexibility index (Phi) is 9.65. The van der Waals surface area contributed by atoms with Crippen molar-refractivity contribution >= 4 is 17.5 Å². The molecule has 5 nitrogen and oxygen atoms in total. The predicted octanol–water partition coefficient (Wildman–Crippen LogP) is 7.59. The molecule has 1 saturated carbocycles. The fourth-order valence-electron chi connectivity index (χ4n) is 5.98. The van der Waals surface area contributed by atoms with Crippen molar-refractivity contribution in [2.24, 2.45) is 5.92 Å². The van der Waals surface area contributed by atoms with Crippen molar-refractivity contribution in [3.8, 4) is 5.75 Å². The Hall–Kier alpha value is -4.45. The summed E-state index contributed by atoms with van der Waals surface area (Å²) in [6, 6.07) is 31.5. The van der Waals surface area contributed by atoms with Crippen LogP contribution in [0.4, 0.5) is 10.1 Å². The topological polar surface area (TPSA) is 58.6 Å². The van der Waals surface area contributed by atoms with Gasteiger partial charge in [0, 0.05) is 12.2 Å². The molecule has 42 heavy (non-hydrogen) atoms. The zero-order valence-electron chi connectivity index (χ0n) is 23.9. The molecule has 2 amide bonds. The first kappa shape index (κ1) is 29.1. The van der Waals surface area contributed by atoms with E-state index in [4.69, 9.17) is 4.74 Å². The van der Waals surface area contributed by atoms with Crippen LogP contribution in [0.2, 0.25) is 0 Å². The van der Waals surface area contributed by atoms with Gasteiger partial charge in [0.2, 0.25) is 11.8 Å². The number of methoxy groups -OCH3 is 1. The Balaban J connectivity index is 1.61. The van der Waals surface area contributed by atoms with E-state index in [1.165, 1.54) is 12.1 Å². The maximum absolute atomic E-state index is 15.0. The Morgan fingerprint density at radius 2 is 1.43 bits per heavy atom. The maximum Gasteiger partial charge on any atom is 0.248 e. The molecule has 4 aromatic rings. The monoisotopic (exact) mass is 564 g/mol. The van der Waals surface area contributed by atoms with E-state index in [0.717, 1.165) is 43.2 Å². The van der Waals surface area contributed by atoms with Crippen molar-refractivity contribution in [1.29, 1.82) is 0 Å². The van der Waals surface area contributed by atoms with E-state index in [9.17, 15) is 14.0 Å². The van der Waals surface area contributed by atoms with Crippen LogP contribution < -0.4 is 15.0 Å². The third-order valence-electron chi connectivity index (χ3n) is 8.14. The Bertz CT molecular complexity index is 1440. The summed E-state index contributed by atoms with van der Waals surface area (Å²) in [5.41, 5.74) is 2.98. The fraction of sp³-hybridized carbons (Fsp3) is 0.278. The quantitative estimate of drug-likeness (QED) is 0.216. The number of nitrogens with zero attached hydrogens (tertiary/aromatic N) is 1. The number of amides is 2. The largest absolute Gasteiger partial charge is 0.497 e. The van der Waals surface area contributed by atoms with Crippen LogP contribution in [0, 0.1) is 11.7 Å². The highest BCUT2D eigenvalue weighted by Gasteiger charge is 2.40. The van der Waals surface area contributed by atoms with Crippen molar-refractivity contribution in [2.75, 3.05) is 12.0 Å². The van der Waals surface area contributed by atoms with Crippen LogP contribution >= 0.6 is 0 Å². The highest BCUT2D eigenvalue weighted by Crippen LogP contribution is 2.40. The van der Waals surface area contributed by atoms with E-state index >= 15 is 0 Å². The number of carbonyl (C=O) groups is 2. The minimum Gasteiger partial charge on any atom is -0.497 e. The van der Waals surface area contributed by atoms with Gasteiger partial charge in [0.15, 0.2) is 0 Å². The van der Waals surface area contributed by atoms with E-state index in [1.54, 1.807) is 36.3 Å². The van der Waals surface area contributed by atoms with Gasteiger partial charge in [-0.05, 0) is 71.8 Å². The van der Waals surface area contributed by atoms with Gasteiger partial charge in [0.25, 0.3) is 0 Å². The number of anilines is 1. The van der Waals surface area contributed by atoms with E-state index in [0.29, 0.717) is 23.5 Å². The molecule has 6 heteroatoms. The number of hydrogen-bond acceptors (Lipinski definition) is 3. The lowest BCUT2D eigenvalue weighted by atomic mass is 9.75. The standard InChI is InChI=1S/C36H37FN2O3/c1-42-32-23-17-29(18-24-32)34(35(40)38-25-26-11-5-2-6-12-26)39(31-21-19-30(37)20-22-31)36(41)33(27-13-7-3-8-14-27)28-15-9-4-10-16-28/h2-3,5-8,11-14,17-24,28,33-34H,4,9-10,15-16,25H2,1H3,(H,38,40)/t33-,34-/m1/s1. The fourth-order valence-corrected chi connectivity index (χ4v) is 5.98. The number of ether oxygens (including phenoxy) is 1. The van der Waals surface area contributed by atoms with Gasteiger partial charge in [-0.1, -0.05) is 92.1 Å². The first-order chi connectivity index (χ1) is 20.5. The van der Waals surface area contributed by atoms with Crippen LogP contribution in [0.1, 0.15) is 60.8 Å². The molecule has 0 bridgehead atoms. The van der Waals surface area contributed by atoms with Crippen LogP contribution in [0.5, 0.6) is 5.75 Å². The van der Waals surface area contributed by atoms with E-state index in [-0.39, 0.29) is 17.7 Å². The number of carbonyl (C=O) groups excluding carboxylic acids is 2. The number of benzene rings is 4. The van der Waals surface area contributed by atoms with Crippen molar-refractivity contribution in [2.45, 2.75) is 50.6 Å². The van der Waals surface area contributed by atoms with Crippen LogP contribution in [0.3, 0.4) is 0 Å². The zero-order valence-corrected chi connectivity index (χ0v) is 23.9. The lowest BCUT2D eigenvalue weighted by Gasteiger charge is -2.37. The number of rotatable bonds is 10. The molecular weight excluding hydrogens is 527 g/mol. The molecule has 0 aromatic heterocycles. The molecule has 0 saturated heterocycles. The second kappa shape index (κ2) is 13.9. The van der Waals surface area contributed by atoms with Gasteiger partial charge >= 0.3 is 0 Å². The molecule has 0 spiro atoms. The third-order valence-corrected chi connectivity index (χ3v) is 8.14. The third kappa shape index (κ3) is 6.88. The van der Waals surface area contributed by atoms with Gasteiger partial charge in [-0.3, -0.25) is 14.5 Å².